The molecule has 0 unspecified atom stereocenters. The first-order chi connectivity index (χ1) is 15.8. The number of aromatic nitrogens is 2. The van der Waals surface area contributed by atoms with Crippen LogP contribution in [0.25, 0.3) is 27.8 Å². The van der Waals surface area contributed by atoms with Crippen LogP contribution < -0.4 is 4.74 Å². The molecule has 6 heteroatoms. The first kappa shape index (κ1) is 20.3. The van der Waals surface area contributed by atoms with Crippen LogP contribution in [0, 0.1) is 11.3 Å². The molecule has 0 radical (unpaired) electrons. The van der Waals surface area contributed by atoms with Gasteiger partial charge in [-0.3, -0.25) is 9.47 Å². The number of fused-ring (bicyclic) bond motifs is 1. The number of imidazole rings is 1. The number of nitrogens with zero attached hydrogens (tertiary/aromatic N) is 4. The molecule has 0 atom stereocenters. The average molecular weight is 425 g/mol. The van der Waals surface area contributed by atoms with Gasteiger partial charge in [0.15, 0.2) is 0 Å². The van der Waals surface area contributed by atoms with Gasteiger partial charge in [0.2, 0.25) is 0 Å². The Labute approximate surface area is 187 Å². The lowest BCUT2D eigenvalue weighted by atomic mass is 10.0. The maximum Gasteiger partial charge on any atom is 0.119 e. The van der Waals surface area contributed by atoms with E-state index in [4.69, 9.17) is 9.47 Å². The number of hydrogen-bond acceptors (Lipinski definition) is 5. The fourth-order valence-electron chi connectivity index (χ4n) is 4.07. The molecule has 0 aliphatic carbocycles. The third kappa shape index (κ3) is 4.22. The molecule has 3 aromatic carbocycles. The second-order valence-electron chi connectivity index (χ2n) is 7.78. The summed E-state index contributed by atoms with van der Waals surface area (Å²) in [6.07, 6.45) is 1.81. The van der Waals surface area contributed by atoms with Gasteiger partial charge in [0, 0.05) is 30.9 Å². The molecule has 2 heterocycles. The number of hydrogen-bond donors (Lipinski definition) is 0. The van der Waals surface area contributed by atoms with Crippen LogP contribution in [0.1, 0.15) is 5.56 Å². The number of rotatable bonds is 6. The summed E-state index contributed by atoms with van der Waals surface area (Å²) in [7, 11) is 0. The zero-order chi connectivity index (χ0) is 21.8. The predicted octanol–water partition coefficient (Wildman–Crippen LogP) is 4.28. The minimum atomic E-state index is 0.594. The first-order valence-corrected chi connectivity index (χ1v) is 10.8. The second kappa shape index (κ2) is 9.23. The molecule has 1 saturated heterocycles. The molecule has 4 aromatic rings. The third-order valence-corrected chi connectivity index (χ3v) is 5.75. The van der Waals surface area contributed by atoms with Crippen molar-refractivity contribution in [2.45, 2.75) is 0 Å². The number of morpholine rings is 1. The lowest BCUT2D eigenvalue weighted by Gasteiger charge is -2.26. The van der Waals surface area contributed by atoms with Crippen molar-refractivity contribution < 1.29 is 9.47 Å². The molecule has 1 aliphatic heterocycles. The molecule has 160 valence electrons. The van der Waals surface area contributed by atoms with E-state index in [-0.39, 0.29) is 0 Å². The quantitative estimate of drug-likeness (QED) is 0.462. The van der Waals surface area contributed by atoms with Crippen molar-refractivity contribution >= 4 is 11.0 Å². The van der Waals surface area contributed by atoms with E-state index in [9.17, 15) is 5.26 Å². The second-order valence-corrected chi connectivity index (χ2v) is 7.78. The van der Waals surface area contributed by atoms with Crippen molar-refractivity contribution in [1.29, 1.82) is 5.26 Å². The fourth-order valence-corrected chi connectivity index (χ4v) is 4.07. The van der Waals surface area contributed by atoms with Crippen LogP contribution in [0.4, 0.5) is 0 Å². The lowest BCUT2D eigenvalue weighted by molar-refractivity contribution is 0.0322. The fraction of sp³-hybridized carbons (Fsp3) is 0.231. The van der Waals surface area contributed by atoms with Crippen LogP contribution in [-0.4, -0.2) is 53.9 Å². The predicted molar refractivity (Wildman–Crippen MR) is 124 cm³/mol. The molecule has 5 rings (SSSR count). The molecular weight excluding hydrogens is 400 g/mol. The maximum atomic E-state index is 9.52. The van der Waals surface area contributed by atoms with Crippen LogP contribution in [0.15, 0.2) is 73.1 Å². The Balaban J connectivity index is 1.42. The van der Waals surface area contributed by atoms with Crippen LogP contribution in [-0.2, 0) is 4.74 Å². The van der Waals surface area contributed by atoms with Gasteiger partial charge in [-0.25, -0.2) is 4.98 Å². The summed E-state index contributed by atoms with van der Waals surface area (Å²) >= 11 is 0. The largest absolute Gasteiger partial charge is 0.492 e. The molecule has 0 spiro atoms. The summed E-state index contributed by atoms with van der Waals surface area (Å²) in [4.78, 5) is 6.92. The molecule has 0 N–H and O–H groups in total. The molecule has 0 saturated carbocycles. The monoisotopic (exact) mass is 424 g/mol. The van der Waals surface area contributed by atoms with E-state index in [1.165, 1.54) is 0 Å². The van der Waals surface area contributed by atoms with Gasteiger partial charge in [0.25, 0.3) is 0 Å². The van der Waals surface area contributed by atoms with Gasteiger partial charge >= 0.3 is 0 Å². The highest BCUT2D eigenvalue weighted by Crippen LogP contribution is 2.32. The lowest BCUT2D eigenvalue weighted by Crippen LogP contribution is -2.38. The van der Waals surface area contributed by atoms with Gasteiger partial charge in [-0.15, -0.1) is 0 Å². The summed E-state index contributed by atoms with van der Waals surface area (Å²) in [5, 5.41) is 9.52. The highest BCUT2D eigenvalue weighted by atomic mass is 16.5. The zero-order valence-electron chi connectivity index (χ0n) is 17.8. The first-order valence-electron chi connectivity index (χ1n) is 10.8. The summed E-state index contributed by atoms with van der Waals surface area (Å²) in [5.41, 5.74) is 5.40. The normalized spacial score (nSPS) is 14.3. The summed E-state index contributed by atoms with van der Waals surface area (Å²) in [5.74, 6) is 0.839. The van der Waals surface area contributed by atoms with Crippen LogP contribution in [0.2, 0.25) is 0 Å². The van der Waals surface area contributed by atoms with Crippen molar-refractivity contribution in [2.75, 3.05) is 39.5 Å². The number of benzene rings is 3. The Hall–Kier alpha value is -3.66. The molecular formula is C26H24N4O2. The van der Waals surface area contributed by atoms with E-state index in [0.717, 1.165) is 66.4 Å². The summed E-state index contributed by atoms with van der Waals surface area (Å²) < 4.78 is 13.4. The van der Waals surface area contributed by atoms with E-state index < -0.39 is 0 Å². The van der Waals surface area contributed by atoms with E-state index in [1.54, 1.807) is 0 Å². The summed E-state index contributed by atoms with van der Waals surface area (Å²) in [6.45, 7) is 5.06. The molecule has 32 heavy (non-hydrogen) atoms. The highest BCUT2D eigenvalue weighted by Gasteiger charge is 2.14. The Kier molecular flexibility index (Phi) is 5.84. The van der Waals surface area contributed by atoms with E-state index in [0.29, 0.717) is 12.2 Å². The molecule has 1 aliphatic rings. The smallest absolute Gasteiger partial charge is 0.119 e. The van der Waals surface area contributed by atoms with Crippen LogP contribution in [0.3, 0.4) is 0 Å². The molecule has 1 fully saturated rings. The third-order valence-electron chi connectivity index (χ3n) is 5.75. The Morgan fingerprint density at radius 1 is 1.00 bits per heavy atom. The van der Waals surface area contributed by atoms with Crippen molar-refractivity contribution in [2.24, 2.45) is 0 Å². The standard InChI is InChI=1S/C26H24N4O2/c27-18-20-16-24(26-25(17-20)28-19-30(26)22-4-2-1-3-5-22)21-6-8-23(9-7-21)32-15-12-29-10-13-31-14-11-29/h1-9,16-17,19H,10-15H2. The van der Waals surface area contributed by atoms with E-state index >= 15 is 0 Å². The van der Waals surface area contributed by atoms with E-state index in [2.05, 4.69) is 32.7 Å². The van der Waals surface area contributed by atoms with Gasteiger partial charge in [-0.1, -0.05) is 30.3 Å². The van der Waals surface area contributed by atoms with Gasteiger partial charge in [0.1, 0.15) is 18.7 Å². The molecule has 0 bridgehead atoms. The highest BCUT2D eigenvalue weighted by molar-refractivity contribution is 5.94. The summed E-state index contributed by atoms with van der Waals surface area (Å²) in [6, 6.07) is 24.2. The number of ether oxygens (including phenoxy) is 2. The Morgan fingerprint density at radius 2 is 1.78 bits per heavy atom. The van der Waals surface area contributed by atoms with Crippen molar-refractivity contribution in [3.63, 3.8) is 0 Å². The van der Waals surface area contributed by atoms with Gasteiger partial charge in [0.05, 0.1) is 35.9 Å². The minimum absolute atomic E-state index is 0.594. The van der Waals surface area contributed by atoms with Gasteiger partial charge in [-0.2, -0.15) is 5.26 Å². The van der Waals surface area contributed by atoms with Crippen LogP contribution in [0.5, 0.6) is 5.75 Å². The maximum absolute atomic E-state index is 9.52. The van der Waals surface area contributed by atoms with Gasteiger partial charge in [-0.05, 0) is 42.0 Å². The van der Waals surface area contributed by atoms with Crippen molar-refractivity contribution in [3.05, 3.63) is 78.6 Å². The van der Waals surface area contributed by atoms with Crippen LogP contribution >= 0.6 is 0 Å². The molecule has 6 nitrogen and oxygen atoms in total. The van der Waals surface area contributed by atoms with Crippen molar-refractivity contribution in [1.82, 2.24) is 14.5 Å². The average Bonchev–Trinajstić information content (AvgIpc) is 3.29. The zero-order valence-corrected chi connectivity index (χ0v) is 17.8. The SMILES string of the molecule is N#Cc1cc(-c2ccc(OCCN3CCOCC3)cc2)c2c(c1)ncn2-c1ccccc1. The van der Waals surface area contributed by atoms with Gasteiger partial charge < -0.3 is 9.47 Å². The van der Waals surface area contributed by atoms with Crippen molar-refractivity contribution in [3.8, 4) is 28.6 Å². The number of para-hydroxylation sites is 1. The minimum Gasteiger partial charge on any atom is -0.492 e. The topological polar surface area (TPSA) is 63.3 Å². The van der Waals surface area contributed by atoms with E-state index in [1.807, 2.05) is 60.9 Å². The Bertz CT molecular complexity index is 1240. The number of nitriles is 1. The molecule has 0 amide bonds. The molecule has 1 aromatic heterocycles. The Morgan fingerprint density at radius 3 is 2.53 bits per heavy atom.